The minimum Gasteiger partial charge on any atom is -0.376 e. The molecule has 2 aliphatic rings. The quantitative estimate of drug-likeness (QED) is 0.805. The molecule has 2 fully saturated rings. The highest BCUT2D eigenvalue weighted by atomic mass is 32.2. The summed E-state index contributed by atoms with van der Waals surface area (Å²) < 4.78 is 33.2. The molecule has 1 saturated heterocycles. The van der Waals surface area contributed by atoms with Gasteiger partial charge in [0.25, 0.3) is 0 Å². The van der Waals surface area contributed by atoms with E-state index in [1.54, 1.807) is 0 Å². The summed E-state index contributed by atoms with van der Waals surface area (Å²) in [5, 5.41) is 2.93. The van der Waals surface area contributed by atoms with Crippen molar-refractivity contribution in [2.75, 3.05) is 18.5 Å². The minimum atomic E-state index is -3.60. The summed E-state index contributed by atoms with van der Waals surface area (Å²) in [5.74, 6) is 0.934. The first-order valence-electron chi connectivity index (χ1n) is 7.30. The van der Waals surface area contributed by atoms with Gasteiger partial charge in [-0.3, -0.25) is 0 Å². The average molecular weight is 312 g/mol. The second-order valence-corrected chi connectivity index (χ2v) is 7.18. The predicted molar refractivity (Wildman–Crippen MR) is 77.4 cm³/mol. The van der Waals surface area contributed by atoms with Crippen LogP contribution >= 0.6 is 0 Å². The Bertz CT molecular complexity index is 586. The molecule has 7 nitrogen and oxygen atoms in total. The van der Waals surface area contributed by atoms with Crippen molar-refractivity contribution in [1.29, 1.82) is 0 Å². The summed E-state index contributed by atoms with van der Waals surface area (Å²) in [6.07, 6.45) is 5.65. The van der Waals surface area contributed by atoms with E-state index in [0.717, 1.165) is 19.3 Å². The van der Waals surface area contributed by atoms with Crippen LogP contribution in [0.1, 0.15) is 26.2 Å². The number of anilines is 1. The molecule has 0 amide bonds. The maximum atomic E-state index is 12.4. The van der Waals surface area contributed by atoms with E-state index in [9.17, 15) is 8.42 Å². The molecule has 0 radical (unpaired) electrons. The van der Waals surface area contributed by atoms with Gasteiger partial charge in [0.15, 0.2) is 0 Å². The van der Waals surface area contributed by atoms with Gasteiger partial charge >= 0.3 is 0 Å². The molecule has 3 rings (SSSR count). The molecule has 8 heteroatoms. The Labute approximate surface area is 124 Å². The van der Waals surface area contributed by atoms with Crippen molar-refractivity contribution in [3.8, 4) is 0 Å². The lowest BCUT2D eigenvalue weighted by molar-refractivity contribution is 0.0848. The topological polar surface area (TPSA) is 93.2 Å². The summed E-state index contributed by atoms with van der Waals surface area (Å²) >= 11 is 0. The molecule has 1 saturated carbocycles. The van der Waals surface area contributed by atoms with Gasteiger partial charge in [0, 0.05) is 13.2 Å². The second-order valence-electron chi connectivity index (χ2n) is 5.46. The SMILES string of the molecule is CCNc1ncc(S(=O)(=O)NC2CCOC2C2CC2)cn1. The zero-order valence-electron chi connectivity index (χ0n) is 11.9. The van der Waals surface area contributed by atoms with Crippen LogP contribution in [0.15, 0.2) is 17.3 Å². The molecule has 116 valence electrons. The maximum Gasteiger partial charge on any atom is 0.243 e. The van der Waals surface area contributed by atoms with Gasteiger partial charge in [0.05, 0.1) is 24.5 Å². The van der Waals surface area contributed by atoms with E-state index in [0.29, 0.717) is 25.0 Å². The average Bonchev–Trinajstić information content (AvgIpc) is 3.20. The van der Waals surface area contributed by atoms with Gasteiger partial charge in [0.1, 0.15) is 4.90 Å². The van der Waals surface area contributed by atoms with Crippen LogP contribution in [0.2, 0.25) is 0 Å². The van der Waals surface area contributed by atoms with Gasteiger partial charge in [-0.1, -0.05) is 0 Å². The highest BCUT2D eigenvalue weighted by Crippen LogP contribution is 2.39. The van der Waals surface area contributed by atoms with Crippen molar-refractivity contribution >= 4 is 16.0 Å². The van der Waals surface area contributed by atoms with Crippen LogP contribution in [0, 0.1) is 5.92 Å². The number of sulfonamides is 1. The molecular formula is C13H20N4O3S. The maximum absolute atomic E-state index is 12.4. The first-order valence-corrected chi connectivity index (χ1v) is 8.78. The first kappa shape index (κ1) is 14.7. The highest BCUT2D eigenvalue weighted by Gasteiger charge is 2.42. The second kappa shape index (κ2) is 5.86. The lowest BCUT2D eigenvalue weighted by Crippen LogP contribution is -2.41. The molecule has 2 N–H and O–H groups in total. The monoisotopic (exact) mass is 312 g/mol. The third-order valence-electron chi connectivity index (χ3n) is 3.80. The van der Waals surface area contributed by atoms with Gasteiger partial charge in [0.2, 0.25) is 16.0 Å². The van der Waals surface area contributed by atoms with Crippen molar-refractivity contribution in [2.45, 2.75) is 43.2 Å². The van der Waals surface area contributed by atoms with Crippen molar-refractivity contribution < 1.29 is 13.2 Å². The number of hydrogen-bond acceptors (Lipinski definition) is 6. The third-order valence-corrected chi connectivity index (χ3v) is 5.25. The molecule has 1 aliphatic carbocycles. The normalized spacial score (nSPS) is 26.0. The zero-order chi connectivity index (χ0) is 14.9. The van der Waals surface area contributed by atoms with Gasteiger partial charge in [-0.05, 0) is 32.1 Å². The van der Waals surface area contributed by atoms with Gasteiger partial charge in [-0.2, -0.15) is 0 Å². The summed E-state index contributed by atoms with van der Waals surface area (Å²) in [5.41, 5.74) is 0. The summed E-state index contributed by atoms with van der Waals surface area (Å²) in [6.45, 7) is 3.23. The molecule has 0 aromatic carbocycles. The van der Waals surface area contributed by atoms with E-state index in [-0.39, 0.29) is 17.0 Å². The van der Waals surface area contributed by atoms with Crippen molar-refractivity contribution in [3.63, 3.8) is 0 Å². The molecule has 2 atom stereocenters. The number of rotatable bonds is 6. The molecule has 0 bridgehead atoms. The largest absolute Gasteiger partial charge is 0.376 e. The lowest BCUT2D eigenvalue weighted by Gasteiger charge is -2.19. The van der Waals surface area contributed by atoms with Crippen LogP contribution in [0.4, 0.5) is 5.95 Å². The van der Waals surface area contributed by atoms with Crippen LogP contribution in [0.3, 0.4) is 0 Å². The van der Waals surface area contributed by atoms with E-state index in [1.165, 1.54) is 12.4 Å². The Morgan fingerprint density at radius 1 is 1.29 bits per heavy atom. The lowest BCUT2D eigenvalue weighted by atomic mass is 10.1. The fraction of sp³-hybridized carbons (Fsp3) is 0.692. The van der Waals surface area contributed by atoms with Crippen molar-refractivity contribution in [1.82, 2.24) is 14.7 Å². The number of hydrogen-bond donors (Lipinski definition) is 2. The molecule has 2 heterocycles. The molecule has 21 heavy (non-hydrogen) atoms. The summed E-state index contributed by atoms with van der Waals surface area (Å²) in [7, 11) is -3.60. The minimum absolute atomic E-state index is 0.0155. The van der Waals surface area contributed by atoms with Gasteiger partial charge < -0.3 is 10.1 Å². The van der Waals surface area contributed by atoms with E-state index < -0.39 is 10.0 Å². The van der Waals surface area contributed by atoms with Crippen LogP contribution in [0.5, 0.6) is 0 Å². The molecule has 1 aliphatic heterocycles. The standard InChI is InChI=1S/C13H20N4O3S/c1-2-14-13-15-7-10(8-16-13)21(18,19)17-11-5-6-20-12(11)9-3-4-9/h7-9,11-12,17H,2-6H2,1H3,(H,14,15,16). The van der Waals surface area contributed by atoms with Crippen LogP contribution < -0.4 is 10.0 Å². The number of nitrogens with one attached hydrogen (secondary N) is 2. The highest BCUT2D eigenvalue weighted by molar-refractivity contribution is 7.89. The van der Waals surface area contributed by atoms with Crippen LogP contribution in [0.25, 0.3) is 0 Å². The van der Waals surface area contributed by atoms with Crippen molar-refractivity contribution in [3.05, 3.63) is 12.4 Å². The Hall–Kier alpha value is -1.25. The Morgan fingerprint density at radius 3 is 2.62 bits per heavy atom. The zero-order valence-corrected chi connectivity index (χ0v) is 12.8. The van der Waals surface area contributed by atoms with E-state index >= 15 is 0 Å². The smallest absolute Gasteiger partial charge is 0.243 e. The number of ether oxygens (including phenoxy) is 1. The Morgan fingerprint density at radius 2 is 2.00 bits per heavy atom. The first-order chi connectivity index (χ1) is 10.1. The van der Waals surface area contributed by atoms with Gasteiger partial charge in [-0.25, -0.2) is 23.1 Å². The van der Waals surface area contributed by atoms with Crippen LogP contribution in [-0.2, 0) is 14.8 Å². The number of nitrogens with zero attached hydrogens (tertiary/aromatic N) is 2. The fourth-order valence-electron chi connectivity index (χ4n) is 2.60. The Kier molecular flexibility index (Phi) is 4.10. The third kappa shape index (κ3) is 3.33. The Balaban J connectivity index is 1.70. The van der Waals surface area contributed by atoms with E-state index in [2.05, 4.69) is 20.0 Å². The molecule has 2 unspecified atom stereocenters. The van der Waals surface area contributed by atoms with E-state index in [1.807, 2.05) is 6.92 Å². The number of aromatic nitrogens is 2. The molecular weight excluding hydrogens is 292 g/mol. The van der Waals surface area contributed by atoms with E-state index in [4.69, 9.17) is 4.74 Å². The summed E-state index contributed by atoms with van der Waals surface area (Å²) in [4.78, 5) is 8.09. The molecule has 0 spiro atoms. The molecule has 1 aromatic heterocycles. The van der Waals surface area contributed by atoms with Gasteiger partial charge in [-0.15, -0.1) is 0 Å². The summed E-state index contributed by atoms with van der Waals surface area (Å²) in [6, 6.07) is -0.143. The molecule has 1 aromatic rings. The van der Waals surface area contributed by atoms with Crippen LogP contribution in [-0.4, -0.2) is 43.7 Å². The fourth-order valence-corrected chi connectivity index (χ4v) is 3.77. The van der Waals surface area contributed by atoms with Crippen molar-refractivity contribution in [2.24, 2.45) is 5.92 Å². The predicted octanol–water partition coefficient (Wildman–Crippen LogP) is 0.754.